The first-order chi connectivity index (χ1) is 17.2. The zero-order valence-corrected chi connectivity index (χ0v) is 20.3. The lowest BCUT2D eigenvalue weighted by molar-refractivity contribution is -0.126. The highest BCUT2D eigenvalue weighted by molar-refractivity contribution is 5.84. The Labute approximate surface area is 208 Å². The molecular weight excluding hydrogens is 430 g/mol. The Kier molecular flexibility index (Phi) is 7.72. The Balaban J connectivity index is 1.22. The van der Waals surface area contributed by atoms with Crippen LogP contribution in [0.2, 0.25) is 0 Å². The molecule has 35 heavy (non-hydrogen) atoms. The second-order valence-corrected chi connectivity index (χ2v) is 9.75. The number of hydrogen-bond donors (Lipinski definition) is 3. The molecule has 5 rings (SSSR count). The third kappa shape index (κ3) is 6.27. The molecule has 1 fully saturated rings. The van der Waals surface area contributed by atoms with Crippen molar-refractivity contribution in [1.29, 1.82) is 0 Å². The van der Waals surface area contributed by atoms with E-state index in [1.165, 1.54) is 32.7 Å². The fraction of sp³-hybridized carbons (Fsp3) is 0.323. The molecule has 0 saturated carbocycles. The maximum absolute atomic E-state index is 13.0. The van der Waals surface area contributed by atoms with Gasteiger partial charge in [-0.3, -0.25) is 4.79 Å². The smallest absolute Gasteiger partial charge is 0.223 e. The third-order valence-electron chi connectivity index (χ3n) is 7.15. The van der Waals surface area contributed by atoms with E-state index >= 15 is 0 Å². The van der Waals surface area contributed by atoms with Crippen LogP contribution in [0, 0.1) is 5.92 Å². The highest BCUT2D eigenvalue weighted by Gasteiger charge is 2.23. The summed E-state index contributed by atoms with van der Waals surface area (Å²) in [4.78, 5) is 13.0. The van der Waals surface area contributed by atoms with Gasteiger partial charge >= 0.3 is 0 Å². The molecule has 3 N–H and O–H groups in total. The summed E-state index contributed by atoms with van der Waals surface area (Å²) in [6.07, 6.45) is 3.63. The van der Waals surface area contributed by atoms with Gasteiger partial charge in [0.2, 0.25) is 5.91 Å². The van der Waals surface area contributed by atoms with Crippen molar-refractivity contribution < 1.29 is 4.79 Å². The molecule has 4 nitrogen and oxygen atoms in total. The van der Waals surface area contributed by atoms with E-state index in [-0.39, 0.29) is 17.9 Å². The number of carbonyl (C=O) groups is 1. The molecule has 4 aromatic rings. The number of benzene rings is 4. The quantitative estimate of drug-likeness (QED) is 0.310. The maximum atomic E-state index is 13.0. The summed E-state index contributed by atoms with van der Waals surface area (Å²) in [5.41, 5.74) is 2.59. The molecule has 0 bridgehead atoms. The predicted octanol–water partition coefficient (Wildman–Crippen LogP) is 4.85. The van der Waals surface area contributed by atoms with Crippen LogP contribution in [0.3, 0.4) is 0 Å². The monoisotopic (exact) mass is 465 g/mol. The molecule has 1 aliphatic rings. The average molecular weight is 466 g/mol. The van der Waals surface area contributed by atoms with Gasteiger partial charge in [0.1, 0.15) is 0 Å². The van der Waals surface area contributed by atoms with Gasteiger partial charge in [-0.25, -0.2) is 0 Å². The fourth-order valence-corrected chi connectivity index (χ4v) is 5.13. The van der Waals surface area contributed by atoms with Crippen molar-refractivity contribution in [3.05, 3.63) is 96.1 Å². The molecular formula is C31H35N3O. The Morgan fingerprint density at radius 1 is 0.800 bits per heavy atom. The lowest BCUT2D eigenvalue weighted by atomic mass is 9.96. The van der Waals surface area contributed by atoms with E-state index in [4.69, 9.17) is 0 Å². The van der Waals surface area contributed by atoms with Crippen molar-refractivity contribution in [2.24, 2.45) is 5.92 Å². The minimum Gasteiger partial charge on any atom is -0.352 e. The highest BCUT2D eigenvalue weighted by atomic mass is 16.1. The van der Waals surface area contributed by atoms with Crippen molar-refractivity contribution in [2.45, 2.75) is 31.7 Å². The van der Waals surface area contributed by atoms with Gasteiger partial charge in [-0.05, 0) is 78.0 Å². The minimum absolute atomic E-state index is 0.0650. The maximum Gasteiger partial charge on any atom is 0.223 e. The number of amides is 1. The second kappa shape index (κ2) is 11.5. The molecule has 4 aromatic carbocycles. The van der Waals surface area contributed by atoms with Crippen molar-refractivity contribution in [1.82, 2.24) is 16.0 Å². The van der Waals surface area contributed by atoms with Gasteiger partial charge in [-0.2, -0.15) is 0 Å². The van der Waals surface area contributed by atoms with E-state index in [0.29, 0.717) is 0 Å². The fourth-order valence-electron chi connectivity index (χ4n) is 5.13. The summed E-state index contributed by atoms with van der Waals surface area (Å²) < 4.78 is 0. The van der Waals surface area contributed by atoms with Gasteiger partial charge in [-0.1, -0.05) is 84.9 Å². The van der Waals surface area contributed by atoms with Crippen molar-refractivity contribution >= 4 is 27.5 Å². The van der Waals surface area contributed by atoms with Crippen LogP contribution in [0.1, 0.15) is 24.0 Å². The third-order valence-corrected chi connectivity index (χ3v) is 7.15. The first-order valence-corrected chi connectivity index (χ1v) is 12.9. The SMILES string of the molecule is O=C(N[C@@H](CNCCc1ccc2ccccc2c1)Cc1ccc2ccccc2c1)C1CCNCC1. The Hall–Kier alpha value is -3.21. The lowest BCUT2D eigenvalue weighted by Gasteiger charge is -2.26. The van der Waals surface area contributed by atoms with Crippen molar-refractivity contribution in [3.8, 4) is 0 Å². The van der Waals surface area contributed by atoms with E-state index in [0.717, 1.165) is 51.9 Å². The number of rotatable bonds is 9. The van der Waals surface area contributed by atoms with Crippen LogP contribution in [0.4, 0.5) is 0 Å². The van der Waals surface area contributed by atoms with Crippen molar-refractivity contribution in [3.63, 3.8) is 0 Å². The molecule has 1 amide bonds. The summed E-state index contributed by atoms with van der Waals surface area (Å²) in [5.74, 6) is 0.321. The standard InChI is InChI=1S/C31H35N3O/c35-31(27-14-17-32-18-15-27)34-30(21-24-10-12-26-6-2-4-8-29(26)20-24)22-33-16-13-23-9-11-25-5-1-3-7-28(25)19-23/h1-12,19-20,27,30,32-33H,13-18,21-22H2,(H,34,35)/t30-/m1/s1. The van der Waals surface area contributed by atoms with Gasteiger partial charge < -0.3 is 16.0 Å². The number of fused-ring (bicyclic) bond motifs is 2. The van der Waals surface area contributed by atoms with Gasteiger partial charge in [-0.15, -0.1) is 0 Å². The van der Waals surface area contributed by atoms with Crippen LogP contribution >= 0.6 is 0 Å². The van der Waals surface area contributed by atoms with Crippen molar-refractivity contribution in [2.75, 3.05) is 26.2 Å². The normalized spacial score (nSPS) is 15.3. The Bertz CT molecular complexity index is 1280. The van der Waals surface area contributed by atoms with Gasteiger partial charge in [0.05, 0.1) is 0 Å². The summed E-state index contributed by atoms with van der Waals surface area (Å²) in [7, 11) is 0. The zero-order valence-electron chi connectivity index (χ0n) is 20.3. The zero-order chi connectivity index (χ0) is 23.9. The van der Waals surface area contributed by atoms with Crippen LogP contribution in [0.25, 0.3) is 21.5 Å². The number of carbonyl (C=O) groups excluding carboxylic acids is 1. The first-order valence-electron chi connectivity index (χ1n) is 12.9. The lowest BCUT2D eigenvalue weighted by Crippen LogP contribution is -2.47. The van der Waals surface area contributed by atoms with E-state index in [1.54, 1.807) is 0 Å². The first kappa shape index (κ1) is 23.5. The summed E-state index contributed by atoms with van der Waals surface area (Å²) >= 11 is 0. The summed E-state index contributed by atoms with van der Waals surface area (Å²) in [6, 6.07) is 30.3. The number of nitrogens with one attached hydrogen (secondary N) is 3. The second-order valence-electron chi connectivity index (χ2n) is 9.75. The van der Waals surface area contributed by atoms with Gasteiger partial charge in [0, 0.05) is 18.5 Å². The van der Waals surface area contributed by atoms with Crippen LogP contribution in [-0.2, 0) is 17.6 Å². The average Bonchev–Trinajstić information content (AvgIpc) is 2.91. The van der Waals surface area contributed by atoms with Gasteiger partial charge in [0.25, 0.3) is 0 Å². The van der Waals surface area contributed by atoms with E-state index in [9.17, 15) is 4.79 Å². The summed E-state index contributed by atoms with van der Waals surface area (Å²) in [6.45, 7) is 3.50. The van der Waals surface area contributed by atoms with Crippen LogP contribution < -0.4 is 16.0 Å². The molecule has 0 radical (unpaired) electrons. The molecule has 1 atom stereocenters. The van der Waals surface area contributed by atoms with Gasteiger partial charge in [0.15, 0.2) is 0 Å². The Morgan fingerprint density at radius 2 is 1.40 bits per heavy atom. The largest absolute Gasteiger partial charge is 0.352 e. The molecule has 0 aromatic heterocycles. The minimum atomic E-state index is 0.0650. The number of hydrogen-bond acceptors (Lipinski definition) is 3. The highest BCUT2D eigenvalue weighted by Crippen LogP contribution is 2.18. The topological polar surface area (TPSA) is 53.2 Å². The number of piperidine rings is 1. The van der Waals surface area contributed by atoms with Crippen LogP contribution in [0.5, 0.6) is 0 Å². The summed E-state index contributed by atoms with van der Waals surface area (Å²) in [5, 5.41) is 15.4. The molecule has 0 aliphatic carbocycles. The van der Waals surface area contributed by atoms with E-state index in [1.807, 2.05) is 0 Å². The predicted molar refractivity (Wildman–Crippen MR) is 146 cm³/mol. The molecule has 1 heterocycles. The Morgan fingerprint density at radius 3 is 2.09 bits per heavy atom. The molecule has 0 spiro atoms. The van der Waals surface area contributed by atoms with E-state index < -0.39 is 0 Å². The molecule has 180 valence electrons. The molecule has 0 unspecified atom stereocenters. The van der Waals surface area contributed by atoms with E-state index in [2.05, 4.69) is 101 Å². The molecule has 1 aliphatic heterocycles. The molecule has 1 saturated heterocycles. The van der Waals surface area contributed by atoms with Crippen LogP contribution in [-0.4, -0.2) is 38.1 Å². The molecule has 4 heteroatoms. The van der Waals surface area contributed by atoms with Crippen LogP contribution in [0.15, 0.2) is 84.9 Å².